The Kier molecular flexibility index (Phi) is 5.25. The topological polar surface area (TPSA) is 86.1 Å². The number of rotatable bonds is 4. The number of aromatic nitrogens is 3. The largest absolute Gasteiger partial charge is 0.465 e. The van der Waals surface area contributed by atoms with Crippen molar-refractivity contribution in [3.05, 3.63) is 82.5 Å². The minimum Gasteiger partial charge on any atom is -0.465 e. The number of methoxy groups -OCH3 is 1. The number of hydrogen-bond donors (Lipinski definition) is 1. The van der Waals surface area contributed by atoms with Crippen molar-refractivity contribution in [1.82, 2.24) is 14.8 Å². The summed E-state index contributed by atoms with van der Waals surface area (Å²) in [4.78, 5) is 29.8. The lowest BCUT2D eigenvalue weighted by atomic mass is 10.1. The highest BCUT2D eigenvalue weighted by atomic mass is 16.5. The Morgan fingerprint density at radius 3 is 2.42 bits per heavy atom. The first kappa shape index (κ1) is 20.3. The fourth-order valence-electron chi connectivity index (χ4n) is 3.57. The fraction of sp³-hybridized carbons (Fsp3) is 0.167. The number of benzene rings is 2. The second-order valence-corrected chi connectivity index (χ2v) is 7.34. The SMILES string of the molecule is COC(=O)c1ccccc1C(=O)Nc1cc(C)nn1-c1cc(C)c2cccc(C)c2n1. The van der Waals surface area contributed by atoms with Crippen molar-refractivity contribution in [2.45, 2.75) is 20.8 Å². The lowest BCUT2D eigenvalue weighted by Gasteiger charge is -2.12. The number of para-hydroxylation sites is 1. The summed E-state index contributed by atoms with van der Waals surface area (Å²) in [6.45, 7) is 5.88. The number of hydrogen-bond acceptors (Lipinski definition) is 5. The zero-order valence-electron chi connectivity index (χ0n) is 17.8. The Morgan fingerprint density at radius 1 is 0.935 bits per heavy atom. The molecule has 0 aliphatic carbocycles. The highest BCUT2D eigenvalue weighted by molar-refractivity contribution is 6.10. The van der Waals surface area contributed by atoms with Gasteiger partial charge in [0.2, 0.25) is 0 Å². The van der Waals surface area contributed by atoms with E-state index >= 15 is 0 Å². The van der Waals surface area contributed by atoms with Crippen molar-refractivity contribution in [3.8, 4) is 5.82 Å². The molecule has 0 saturated heterocycles. The van der Waals surface area contributed by atoms with Crippen molar-refractivity contribution in [2.75, 3.05) is 12.4 Å². The number of nitrogens with one attached hydrogen (secondary N) is 1. The molecule has 0 bridgehead atoms. The summed E-state index contributed by atoms with van der Waals surface area (Å²) in [5.41, 5.74) is 4.15. The molecule has 0 aliphatic rings. The number of fused-ring (bicyclic) bond motifs is 1. The van der Waals surface area contributed by atoms with Gasteiger partial charge in [-0.3, -0.25) is 4.79 Å². The average Bonchev–Trinajstić information content (AvgIpc) is 3.13. The number of carbonyl (C=O) groups excluding carboxylic acids is 2. The number of aryl methyl sites for hydroxylation is 3. The summed E-state index contributed by atoms with van der Waals surface area (Å²) in [7, 11) is 1.28. The molecule has 7 heteroatoms. The van der Waals surface area contributed by atoms with Crippen LogP contribution in [0.25, 0.3) is 16.7 Å². The highest BCUT2D eigenvalue weighted by Crippen LogP contribution is 2.25. The van der Waals surface area contributed by atoms with Crippen LogP contribution >= 0.6 is 0 Å². The molecule has 4 aromatic rings. The van der Waals surface area contributed by atoms with Gasteiger partial charge >= 0.3 is 5.97 Å². The Hall–Kier alpha value is -4.00. The Morgan fingerprint density at radius 2 is 1.68 bits per heavy atom. The van der Waals surface area contributed by atoms with Gasteiger partial charge in [0.1, 0.15) is 5.82 Å². The number of ether oxygens (including phenoxy) is 1. The van der Waals surface area contributed by atoms with Gasteiger partial charge in [-0.05, 0) is 50.1 Å². The van der Waals surface area contributed by atoms with Crippen molar-refractivity contribution >= 4 is 28.6 Å². The molecular formula is C24H22N4O3. The van der Waals surface area contributed by atoms with Crippen LogP contribution in [0.1, 0.15) is 37.5 Å². The molecule has 0 fully saturated rings. The number of pyridine rings is 1. The van der Waals surface area contributed by atoms with Crippen LogP contribution in [0, 0.1) is 20.8 Å². The number of anilines is 1. The summed E-state index contributed by atoms with van der Waals surface area (Å²) in [5, 5.41) is 8.46. The Balaban J connectivity index is 1.76. The lowest BCUT2D eigenvalue weighted by Crippen LogP contribution is -2.19. The summed E-state index contributed by atoms with van der Waals surface area (Å²) >= 11 is 0. The Labute approximate surface area is 179 Å². The molecule has 2 heterocycles. The van der Waals surface area contributed by atoms with Crippen LogP contribution in [0.5, 0.6) is 0 Å². The van der Waals surface area contributed by atoms with Gasteiger partial charge in [0, 0.05) is 11.5 Å². The first-order valence-electron chi connectivity index (χ1n) is 9.81. The fourth-order valence-corrected chi connectivity index (χ4v) is 3.57. The maximum absolute atomic E-state index is 13.0. The maximum atomic E-state index is 13.0. The normalized spacial score (nSPS) is 10.8. The van der Waals surface area contributed by atoms with Gasteiger partial charge < -0.3 is 10.1 Å². The van der Waals surface area contributed by atoms with Gasteiger partial charge in [-0.15, -0.1) is 0 Å². The smallest absolute Gasteiger partial charge is 0.338 e. The molecule has 1 amide bonds. The quantitative estimate of drug-likeness (QED) is 0.501. The van der Waals surface area contributed by atoms with E-state index in [1.807, 2.05) is 45.0 Å². The third-order valence-electron chi connectivity index (χ3n) is 5.10. The van der Waals surface area contributed by atoms with E-state index in [4.69, 9.17) is 9.72 Å². The highest BCUT2D eigenvalue weighted by Gasteiger charge is 2.20. The molecule has 0 saturated carbocycles. The zero-order valence-corrected chi connectivity index (χ0v) is 17.8. The van der Waals surface area contributed by atoms with Crippen molar-refractivity contribution in [3.63, 3.8) is 0 Å². The van der Waals surface area contributed by atoms with E-state index in [1.54, 1.807) is 35.0 Å². The number of amides is 1. The van der Waals surface area contributed by atoms with Crippen LogP contribution in [-0.2, 0) is 4.74 Å². The van der Waals surface area contributed by atoms with E-state index in [9.17, 15) is 9.59 Å². The average molecular weight is 414 g/mol. The summed E-state index contributed by atoms with van der Waals surface area (Å²) in [6.07, 6.45) is 0. The second-order valence-electron chi connectivity index (χ2n) is 7.34. The van der Waals surface area contributed by atoms with E-state index in [-0.39, 0.29) is 11.1 Å². The van der Waals surface area contributed by atoms with Gasteiger partial charge in [0.25, 0.3) is 5.91 Å². The molecule has 0 spiro atoms. The molecule has 0 aliphatic heterocycles. The number of carbonyl (C=O) groups is 2. The van der Waals surface area contributed by atoms with Crippen LogP contribution in [0.2, 0.25) is 0 Å². The van der Waals surface area contributed by atoms with E-state index in [0.717, 1.165) is 27.7 Å². The standard InChI is InChI=1S/C24H22N4O3/c1-14-8-7-11-17-15(2)12-20(25-22(14)17)28-21(13-16(3)27-28)26-23(29)18-9-5-6-10-19(18)24(30)31-4/h5-13H,1-4H3,(H,26,29). The minimum absolute atomic E-state index is 0.195. The Bertz CT molecular complexity index is 1320. The third-order valence-corrected chi connectivity index (χ3v) is 5.10. The number of esters is 1. The summed E-state index contributed by atoms with van der Waals surface area (Å²) in [6, 6.07) is 16.3. The van der Waals surface area contributed by atoms with E-state index < -0.39 is 11.9 Å². The van der Waals surface area contributed by atoms with Crippen LogP contribution in [0.4, 0.5) is 5.82 Å². The van der Waals surface area contributed by atoms with E-state index in [1.165, 1.54) is 7.11 Å². The van der Waals surface area contributed by atoms with Gasteiger partial charge in [0.05, 0.1) is 29.4 Å². The molecule has 2 aromatic heterocycles. The second kappa shape index (κ2) is 8.02. The van der Waals surface area contributed by atoms with Crippen molar-refractivity contribution in [2.24, 2.45) is 0 Å². The third kappa shape index (κ3) is 3.77. The summed E-state index contributed by atoms with van der Waals surface area (Å²) in [5.74, 6) is 0.0551. The molecule has 4 rings (SSSR count). The molecule has 7 nitrogen and oxygen atoms in total. The first-order chi connectivity index (χ1) is 14.9. The predicted molar refractivity (Wildman–Crippen MR) is 119 cm³/mol. The van der Waals surface area contributed by atoms with Crippen LogP contribution < -0.4 is 5.32 Å². The van der Waals surface area contributed by atoms with Crippen molar-refractivity contribution in [1.29, 1.82) is 0 Å². The molecule has 0 atom stereocenters. The first-order valence-corrected chi connectivity index (χ1v) is 9.81. The molecular weight excluding hydrogens is 392 g/mol. The maximum Gasteiger partial charge on any atom is 0.338 e. The molecule has 156 valence electrons. The lowest BCUT2D eigenvalue weighted by molar-refractivity contribution is 0.0597. The predicted octanol–water partition coefficient (Wildman–Crippen LogP) is 4.38. The molecule has 0 radical (unpaired) electrons. The van der Waals surface area contributed by atoms with Crippen LogP contribution in [0.3, 0.4) is 0 Å². The van der Waals surface area contributed by atoms with E-state index in [2.05, 4.69) is 10.4 Å². The molecule has 31 heavy (non-hydrogen) atoms. The summed E-state index contributed by atoms with van der Waals surface area (Å²) < 4.78 is 6.40. The van der Waals surface area contributed by atoms with Gasteiger partial charge in [-0.1, -0.05) is 30.3 Å². The zero-order chi connectivity index (χ0) is 22.1. The van der Waals surface area contributed by atoms with E-state index in [0.29, 0.717) is 11.6 Å². The van der Waals surface area contributed by atoms with Crippen molar-refractivity contribution < 1.29 is 14.3 Å². The molecule has 2 aromatic carbocycles. The van der Waals surface area contributed by atoms with Gasteiger partial charge in [-0.25, -0.2) is 9.78 Å². The van der Waals surface area contributed by atoms with Gasteiger partial charge in [0.15, 0.2) is 5.82 Å². The minimum atomic E-state index is -0.572. The van der Waals surface area contributed by atoms with Crippen LogP contribution in [-0.4, -0.2) is 33.8 Å². The number of nitrogens with zero attached hydrogens (tertiary/aromatic N) is 3. The monoisotopic (exact) mass is 414 g/mol. The molecule has 1 N–H and O–H groups in total. The van der Waals surface area contributed by atoms with Crippen LogP contribution in [0.15, 0.2) is 54.6 Å². The van der Waals surface area contributed by atoms with Gasteiger partial charge in [-0.2, -0.15) is 9.78 Å². The molecule has 0 unspecified atom stereocenters.